The Kier molecular flexibility index (Phi) is 4.55. The summed E-state index contributed by atoms with van der Waals surface area (Å²) in [6, 6.07) is 3.60. The van der Waals surface area contributed by atoms with Gasteiger partial charge < -0.3 is 0 Å². The Balaban J connectivity index is 3.30. The topological polar surface area (TPSA) is 17.1 Å². The monoisotopic (exact) mass is 358 g/mol. The number of hydrogen-bond acceptors (Lipinski definition) is 1. The number of Topliss-reactive ketones (excluding diaryl/α,β-unsaturated/α-hetero) is 1. The molecule has 0 N–H and O–H groups in total. The highest BCUT2D eigenvalue weighted by Crippen LogP contribution is 2.35. The molecule has 0 aliphatic rings. The lowest BCUT2D eigenvalue weighted by atomic mass is 10.0. The second-order valence-corrected chi connectivity index (χ2v) is 4.67. The van der Waals surface area contributed by atoms with E-state index >= 15 is 0 Å². The average Bonchev–Trinajstić information content (AvgIpc) is 2.16. The molecule has 0 atom stereocenters. The Morgan fingerprint density at radius 3 is 2.44 bits per heavy atom. The zero-order chi connectivity index (χ0) is 12.3. The van der Waals surface area contributed by atoms with Gasteiger partial charge in [0.1, 0.15) is 0 Å². The third kappa shape index (κ3) is 3.07. The highest BCUT2D eigenvalue weighted by molar-refractivity contribution is 9.10. The number of halogens is 5. The van der Waals surface area contributed by atoms with Gasteiger partial charge >= 0.3 is 6.18 Å². The van der Waals surface area contributed by atoms with Crippen LogP contribution in [0.3, 0.4) is 0 Å². The van der Waals surface area contributed by atoms with Crippen molar-refractivity contribution in [2.45, 2.75) is 12.6 Å². The van der Waals surface area contributed by atoms with Crippen LogP contribution in [-0.4, -0.2) is 11.1 Å². The minimum atomic E-state index is -4.51. The Hall–Kier alpha value is -0.360. The van der Waals surface area contributed by atoms with Crippen molar-refractivity contribution < 1.29 is 18.0 Å². The van der Waals surface area contributed by atoms with Gasteiger partial charge in [-0.1, -0.05) is 37.9 Å². The van der Waals surface area contributed by atoms with Gasteiger partial charge in [0.05, 0.1) is 5.56 Å². The molecule has 0 heterocycles. The van der Waals surface area contributed by atoms with Gasteiger partial charge in [0.25, 0.3) is 0 Å². The number of ketones is 1. The number of benzene rings is 1. The molecule has 1 aromatic carbocycles. The van der Waals surface area contributed by atoms with Gasteiger partial charge in [-0.2, -0.15) is 13.2 Å². The minimum Gasteiger partial charge on any atom is -0.294 e. The van der Waals surface area contributed by atoms with Crippen LogP contribution in [-0.2, 0) is 6.18 Å². The number of carbonyl (C=O) groups excluding carboxylic acids is 1. The van der Waals surface area contributed by atoms with Gasteiger partial charge in [0.15, 0.2) is 5.78 Å². The van der Waals surface area contributed by atoms with E-state index in [1.807, 2.05) is 0 Å². The van der Waals surface area contributed by atoms with Crippen LogP contribution in [0, 0.1) is 0 Å². The smallest absolute Gasteiger partial charge is 0.294 e. The molecule has 0 unspecified atom stereocenters. The molecule has 88 valence electrons. The third-order valence-electron chi connectivity index (χ3n) is 1.92. The van der Waals surface area contributed by atoms with Crippen molar-refractivity contribution in [2.24, 2.45) is 0 Å². The molecule has 6 heteroatoms. The summed E-state index contributed by atoms with van der Waals surface area (Å²) in [5.41, 5.74) is -1.19. The quantitative estimate of drug-likeness (QED) is 0.576. The van der Waals surface area contributed by atoms with Crippen LogP contribution in [0.15, 0.2) is 22.7 Å². The van der Waals surface area contributed by atoms with E-state index in [-0.39, 0.29) is 16.5 Å². The lowest BCUT2D eigenvalue weighted by Crippen LogP contribution is -2.14. The molecular formula is C10H7Br2F3O. The minimum absolute atomic E-state index is 0.0334. The first-order chi connectivity index (χ1) is 7.38. The lowest BCUT2D eigenvalue weighted by Gasteiger charge is -2.13. The molecule has 0 amide bonds. The number of alkyl halides is 4. The van der Waals surface area contributed by atoms with E-state index in [2.05, 4.69) is 31.9 Å². The molecule has 1 nitrogen and oxygen atoms in total. The van der Waals surface area contributed by atoms with E-state index in [1.54, 1.807) is 0 Å². The summed E-state index contributed by atoms with van der Waals surface area (Å²) in [6.45, 7) is 0. The largest absolute Gasteiger partial charge is 0.417 e. The summed E-state index contributed by atoms with van der Waals surface area (Å²) in [5, 5.41) is 0.338. The van der Waals surface area contributed by atoms with Crippen molar-refractivity contribution in [1.82, 2.24) is 0 Å². The maximum atomic E-state index is 12.6. The maximum Gasteiger partial charge on any atom is 0.417 e. The molecule has 0 aromatic heterocycles. The van der Waals surface area contributed by atoms with Crippen molar-refractivity contribution in [3.05, 3.63) is 33.8 Å². The number of hydrogen-bond donors (Lipinski definition) is 0. The van der Waals surface area contributed by atoms with E-state index in [1.165, 1.54) is 12.1 Å². The first-order valence-electron chi connectivity index (χ1n) is 4.32. The van der Waals surface area contributed by atoms with Crippen LogP contribution in [0.1, 0.15) is 22.3 Å². The highest BCUT2D eigenvalue weighted by atomic mass is 79.9. The second-order valence-electron chi connectivity index (χ2n) is 3.02. The summed E-state index contributed by atoms with van der Waals surface area (Å²) in [7, 11) is 0. The van der Waals surface area contributed by atoms with E-state index in [9.17, 15) is 18.0 Å². The van der Waals surface area contributed by atoms with Crippen LogP contribution in [0.4, 0.5) is 13.2 Å². The summed E-state index contributed by atoms with van der Waals surface area (Å²) < 4.78 is 38.1. The third-order valence-corrected chi connectivity index (χ3v) is 2.98. The first-order valence-corrected chi connectivity index (χ1v) is 6.24. The number of rotatable bonds is 3. The van der Waals surface area contributed by atoms with Crippen LogP contribution in [0.25, 0.3) is 0 Å². The molecule has 0 aliphatic carbocycles. The predicted octanol–water partition coefficient (Wildman–Crippen LogP) is 4.44. The lowest BCUT2D eigenvalue weighted by molar-refractivity contribution is -0.138. The molecule has 16 heavy (non-hydrogen) atoms. The molecule has 0 radical (unpaired) electrons. The molecule has 0 saturated carbocycles. The standard InChI is InChI=1S/C10H7Br2F3O/c11-5-4-8(16)9-6(10(13,14)15)2-1-3-7(9)12/h1-3H,4-5H2. The fourth-order valence-electron chi connectivity index (χ4n) is 1.25. The van der Waals surface area contributed by atoms with Crippen molar-refractivity contribution in [3.8, 4) is 0 Å². The van der Waals surface area contributed by atoms with Gasteiger partial charge in [-0.3, -0.25) is 4.79 Å². The normalized spacial score (nSPS) is 11.6. The molecule has 0 bridgehead atoms. The van der Waals surface area contributed by atoms with Gasteiger partial charge in [0.2, 0.25) is 0 Å². The van der Waals surface area contributed by atoms with Crippen LogP contribution < -0.4 is 0 Å². The zero-order valence-electron chi connectivity index (χ0n) is 7.94. The van der Waals surface area contributed by atoms with Crippen molar-refractivity contribution >= 4 is 37.6 Å². The van der Waals surface area contributed by atoms with Crippen molar-refractivity contribution in [2.75, 3.05) is 5.33 Å². The van der Waals surface area contributed by atoms with E-state index in [4.69, 9.17) is 0 Å². The molecular weight excluding hydrogens is 353 g/mol. The molecule has 0 fully saturated rings. The van der Waals surface area contributed by atoms with Gasteiger partial charge in [-0.25, -0.2) is 0 Å². The highest BCUT2D eigenvalue weighted by Gasteiger charge is 2.35. The van der Waals surface area contributed by atoms with E-state index in [0.717, 1.165) is 6.07 Å². The molecule has 1 aromatic rings. The van der Waals surface area contributed by atoms with Crippen LogP contribution in [0.5, 0.6) is 0 Å². The Labute approximate surface area is 107 Å². The fraction of sp³-hybridized carbons (Fsp3) is 0.300. The summed E-state index contributed by atoms with van der Waals surface area (Å²) in [6.07, 6.45) is -4.48. The Morgan fingerprint density at radius 1 is 1.31 bits per heavy atom. The summed E-state index contributed by atoms with van der Waals surface area (Å²) >= 11 is 6.00. The maximum absolute atomic E-state index is 12.6. The Bertz CT molecular complexity index is 402. The van der Waals surface area contributed by atoms with Crippen molar-refractivity contribution in [3.63, 3.8) is 0 Å². The summed E-state index contributed by atoms with van der Waals surface area (Å²) in [4.78, 5) is 11.6. The average molecular weight is 360 g/mol. The van der Waals surface area contributed by atoms with Crippen LogP contribution in [0.2, 0.25) is 0 Å². The van der Waals surface area contributed by atoms with Crippen molar-refractivity contribution in [1.29, 1.82) is 0 Å². The Morgan fingerprint density at radius 2 is 1.94 bits per heavy atom. The number of carbonyl (C=O) groups is 1. The van der Waals surface area contributed by atoms with Gasteiger partial charge in [-0.15, -0.1) is 0 Å². The van der Waals surface area contributed by atoms with E-state index < -0.39 is 17.5 Å². The van der Waals surface area contributed by atoms with Crippen LogP contribution >= 0.6 is 31.9 Å². The molecule has 0 aliphatic heterocycles. The van der Waals surface area contributed by atoms with Gasteiger partial charge in [0, 0.05) is 21.8 Å². The zero-order valence-corrected chi connectivity index (χ0v) is 11.1. The van der Waals surface area contributed by atoms with E-state index in [0.29, 0.717) is 5.33 Å². The molecule has 0 spiro atoms. The molecule has 0 saturated heterocycles. The van der Waals surface area contributed by atoms with Gasteiger partial charge in [-0.05, 0) is 12.1 Å². The predicted molar refractivity (Wildman–Crippen MR) is 61.9 cm³/mol. The fourth-order valence-corrected chi connectivity index (χ4v) is 2.20. The first kappa shape index (κ1) is 13.7. The SMILES string of the molecule is O=C(CCBr)c1c(Br)cccc1C(F)(F)F. The molecule has 1 rings (SSSR count). The second kappa shape index (κ2) is 5.31. The summed E-state index contributed by atoms with van der Waals surface area (Å²) in [5.74, 6) is -0.531.